The topological polar surface area (TPSA) is 106 Å². The first kappa shape index (κ1) is 23.9. The molecule has 2 amide bonds. The van der Waals surface area contributed by atoms with Crippen molar-refractivity contribution >= 4 is 23.1 Å². The number of nitrogen functional groups attached to an aromatic ring is 1. The maximum absolute atomic E-state index is 14.6. The van der Waals surface area contributed by atoms with Crippen molar-refractivity contribution in [3.63, 3.8) is 0 Å². The van der Waals surface area contributed by atoms with Crippen LogP contribution in [0.4, 0.5) is 27.8 Å². The van der Waals surface area contributed by atoms with Crippen LogP contribution in [0.1, 0.15) is 34.3 Å². The minimum Gasteiger partial charge on any atom is -0.382 e. The predicted octanol–water partition coefficient (Wildman–Crippen LogP) is 3.09. The first-order valence-electron chi connectivity index (χ1n) is 11.1. The van der Waals surface area contributed by atoms with Crippen LogP contribution in [-0.4, -0.2) is 62.3 Å². The zero-order chi connectivity index (χ0) is 26.0. The Labute approximate surface area is 201 Å². The molecular formula is C23H21F5N6O2. The predicted molar refractivity (Wildman–Crippen MR) is 118 cm³/mol. The van der Waals surface area contributed by atoms with Crippen molar-refractivity contribution in [3.05, 3.63) is 47.3 Å². The second kappa shape index (κ2) is 8.14. The number of hydrogen-bond acceptors (Lipinski definition) is 5. The van der Waals surface area contributed by atoms with Crippen LogP contribution in [0.2, 0.25) is 0 Å². The maximum atomic E-state index is 14.6. The highest BCUT2D eigenvalue weighted by Crippen LogP contribution is 2.42. The molecule has 1 saturated carbocycles. The number of carbonyl (C=O) groups excluding carboxylic acids is 2. The lowest BCUT2D eigenvalue weighted by Gasteiger charge is -2.19. The molecule has 0 radical (unpaired) electrons. The summed E-state index contributed by atoms with van der Waals surface area (Å²) >= 11 is 0. The number of nitrogens with two attached hydrogens (primary N) is 1. The molecule has 2 aromatic heterocycles. The number of aryl methyl sites for hydroxylation is 1. The van der Waals surface area contributed by atoms with Gasteiger partial charge in [-0.3, -0.25) is 9.59 Å². The zero-order valence-corrected chi connectivity index (χ0v) is 18.9. The monoisotopic (exact) mass is 508 g/mol. The number of halogens is 5. The van der Waals surface area contributed by atoms with E-state index in [0.29, 0.717) is 5.56 Å². The van der Waals surface area contributed by atoms with Crippen LogP contribution in [-0.2, 0) is 11.0 Å². The fourth-order valence-electron chi connectivity index (χ4n) is 4.43. The highest BCUT2D eigenvalue weighted by atomic mass is 19.4. The summed E-state index contributed by atoms with van der Waals surface area (Å²) in [5.41, 5.74) is 3.16. The Balaban J connectivity index is 1.44. The summed E-state index contributed by atoms with van der Waals surface area (Å²) in [4.78, 5) is 30.0. The number of benzene rings is 1. The lowest BCUT2D eigenvalue weighted by atomic mass is 10.0. The second-order valence-corrected chi connectivity index (χ2v) is 9.15. The highest BCUT2D eigenvalue weighted by Gasteiger charge is 2.54. The van der Waals surface area contributed by atoms with E-state index in [9.17, 15) is 31.5 Å². The smallest absolute Gasteiger partial charge is 0.382 e. The molecule has 13 heteroatoms. The molecule has 36 heavy (non-hydrogen) atoms. The van der Waals surface area contributed by atoms with E-state index in [2.05, 4.69) is 15.4 Å². The number of likely N-dealkylation sites (tertiary alicyclic amines) is 1. The van der Waals surface area contributed by atoms with Crippen LogP contribution in [0.25, 0.3) is 16.8 Å². The summed E-state index contributed by atoms with van der Waals surface area (Å²) in [6, 6.07) is 4.26. The third-order valence-electron chi connectivity index (χ3n) is 6.59. The Kier molecular flexibility index (Phi) is 5.41. The van der Waals surface area contributed by atoms with Gasteiger partial charge in [0.05, 0.1) is 23.8 Å². The molecule has 8 nitrogen and oxygen atoms in total. The average molecular weight is 508 g/mol. The van der Waals surface area contributed by atoms with Crippen molar-refractivity contribution in [1.82, 2.24) is 24.8 Å². The van der Waals surface area contributed by atoms with Gasteiger partial charge in [-0.05, 0) is 37.5 Å². The molecule has 1 aliphatic heterocycles. The van der Waals surface area contributed by atoms with E-state index in [1.54, 1.807) is 13.0 Å². The molecule has 5 rings (SSSR count). The molecule has 1 saturated heterocycles. The number of nitrogens with one attached hydrogen (secondary N) is 1. The van der Waals surface area contributed by atoms with Gasteiger partial charge >= 0.3 is 6.18 Å². The van der Waals surface area contributed by atoms with Crippen LogP contribution in [0.3, 0.4) is 0 Å². The van der Waals surface area contributed by atoms with E-state index in [1.165, 1.54) is 12.1 Å². The molecule has 2 atom stereocenters. The van der Waals surface area contributed by atoms with Gasteiger partial charge in [-0.2, -0.15) is 18.3 Å². The number of rotatable bonds is 4. The largest absolute Gasteiger partial charge is 0.418 e. The molecule has 0 bridgehead atoms. The number of nitrogens with zero attached hydrogens (tertiary/aromatic N) is 4. The van der Waals surface area contributed by atoms with E-state index in [-0.39, 0.29) is 48.6 Å². The first-order chi connectivity index (χ1) is 16.9. The summed E-state index contributed by atoms with van der Waals surface area (Å²) in [7, 11) is 0. The van der Waals surface area contributed by atoms with Crippen molar-refractivity contribution in [2.45, 2.75) is 43.8 Å². The van der Waals surface area contributed by atoms with Gasteiger partial charge in [0.15, 0.2) is 11.5 Å². The number of alkyl halides is 5. The van der Waals surface area contributed by atoms with Gasteiger partial charge < -0.3 is 16.0 Å². The summed E-state index contributed by atoms with van der Waals surface area (Å²) < 4.78 is 70.7. The number of amides is 2. The minimum atomic E-state index is -4.73. The third-order valence-corrected chi connectivity index (χ3v) is 6.59. The Hall–Kier alpha value is -3.77. The van der Waals surface area contributed by atoms with Crippen LogP contribution in [0.15, 0.2) is 30.6 Å². The minimum absolute atomic E-state index is 0.0270. The normalized spacial score (nSPS) is 21.1. The SMILES string of the molecule is Cc1ccc(-c2cc(C(F)(F)F)c3c(N)ncnn23)cc1C(=O)N[C@@H]1CN(C(=O)C2(F)CC2)C[C@@H]1F. The third kappa shape index (κ3) is 4.01. The Morgan fingerprint density at radius 3 is 2.58 bits per heavy atom. The Morgan fingerprint density at radius 2 is 1.92 bits per heavy atom. The van der Waals surface area contributed by atoms with E-state index in [0.717, 1.165) is 21.8 Å². The number of aromatic nitrogens is 3. The number of fused-ring (bicyclic) bond motifs is 1. The Bertz CT molecular complexity index is 1380. The quantitative estimate of drug-likeness (QED) is 0.527. The van der Waals surface area contributed by atoms with Crippen molar-refractivity contribution in [2.24, 2.45) is 0 Å². The van der Waals surface area contributed by atoms with Crippen molar-refractivity contribution in [3.8, 4) is 11.3 Å². The van der Waals surface area contributed by atoms with Gasteiger partial charge in [0.2, 0.25) is 0 Å². The molecular weight excluding hydrogens is 487 g/mol. The first-order valence-corrected chi connectivity index (χ1v) is 11.1. The second-order valence-electron chi connectivity index (χ2n) is 9.15. The van der Waals surface area contributed by atoms with Gasteiger partial charge in [-0.25, -0.2) is 18.3 Å². The maximum Gasteiger partial charge on any atom is 0.418 e. The summed E-state index contributed by atoms with van der Waals surface area (Å²) in [6.07, 6.45) is -5.10. The Morgan fingerprint density at radius 1 is 1.19 bits per heavy atom. The fourth-order valence-corrected chi connectivity index (χ4v) is 4.43. The van der Waals surface area contributed by atoms with E-state index in [1.807, 2.05) is 0 Å². The summed E-state index contributed by atoms with van der Waals surface area (Å²) in [5, 5.41) is 6.43. The van der Waals surface area contributed by atoms with Crippen molar-refractivity contribution < 1.29 is 31.5 Å². The molecule has 0 spiro atoms. The molecule has 1 aliphatic carbocycles. The van der Waals surface area contributed by atoms with Gasteiger partial charge in [-0.15, -0.1) is 0 Å². The highest BCUT2D eigenvalue weighted by molar-refractivity contribution is 5.97. The molecule has 190 valence electrons. The average Bonchev–Trinajstić information content (AvgIpc) is 3.27. The van der Waals surface area contributed by atoms with Crippen LogP contribution >= 0.6 is 0 Å². The number of hydrogen-bond donors (Lipinski definition) is 2. The van der Waals surface area contributed by atoms with E-state index >= 15 is 0 Å². The molecule has 3 heterocycles. The van der Waals surface area contributed by atoms with Crippen molar-refractivity contribution in [1.29, 1.82) is 0 Å². The standard InChI is InChI=1S/C23H21F5N6O2/c1-11-2-3-12(17-7-14(23(26,27)28)18-19(29)30-10-31-34(17)18)6-13(11)20(35)32-16-9-33(8-15(16)24)21(36)22(25)4-5-22/h2-3,6-7,10,15-16H,4-5,8-9H2,1H3,(H,32,35)(H2,29,30,31)/t15-,16+/m0/s1. The fraction of sp³-hybridized carbons (Fsp3) is 0.391. The van der Waals surface area contributed by atoms with E-state index in [4.69, 9.17) is 5.73 Å². The van der Waals surface area contributed by atoms with Gasteiger partial charge in [0.1, 0.15) is 18.0 Å². The van der Waals surface area contributed by atoms with Gasteiger partial charge in [0.25, 0.3) is 11.8 Å². The summed E-state index contributed by atoms with van der Waals surface area (Å²) in [6.45, 7) is 1.12. The van der Waals surface area contributed by atoms with Gasteiger partial charge in [-0.1, -0.05) is 12.1 Å². The molecule has 3 aromatic rings. The van der Waals surface area contributed by atoms with Crippen LogP contribution in [0.5, 0.6) is 0 Å². The number of carbonyl (C=O) groups is 2. The molecule has 0 unspecified atom stereocenters. The summed E-state index contributed by atoms with van der Waals surface area (Å²) in [5.74, 6) is -1.81. The molecule has 2 aliphatic rings. The zero-order valence-electron chi connectivity index (χ0n) is 18.9. The molecule has 2 fully saturated rings. The van der Waals surface area contributed by atoms with Crippen LogP contribution in [0, 0.1) is 6.92 Å². The molecule has 3 N–H and O–H groups in total. The van der Waals surface area contributed by atoms with Crippen LogP contribution < -0.4 is 11.1 Å². The van der Waals surface area contributed by atoms with Crippen molar-refractivity contribution in [2.75, 3.05) is 18.8 Å². The van der Waals surface area contributed by atoms with Gasteiger partial charge in [0, 0.05) is 17.7 Å². The molecule has 1 aromatic carbocycles. The number of anilines is 1. The van der Waals surface area contributed by atoms with E-state index < -0.39 is 47.0 Å². The lowest BCUT2D eigenvalue weighted by Crippen LogP contribution is -2.43. The lowest BCUT2D eigenvalue weighted by molar-refractivity contribution is -0.137.